The van der Waals surface area contributed by atoms with E-state index in [0.717, 1.165) is 6.07 Å². The van der Waals surface area contributed by atoms with Crippen molar-refractivity contribution in [3.8, 4) is 0 Å². The quantitative estimate of drug-likeness (QED) is 0.480. The molecule has 3 aromatic carbocycles. The minimum absolute atomic E-state index is 0.0992. The fourth-order valence-corrected chi connectivity index (χ4v) is 2.51. The van der Waals surface area contributed by atoms with Gasteiger partial charge in [0, 0.05) is 23.0 Å². The molecule has 0 spiro atoms. The lowest BCUT2D eigenvalue weighted by Crippen LogP contribution is -2.11. The molecule has 9 heteroatoms. The Morgan fingerprint density at radius 2 is 1.50 bits per heavy atom. The lowest BCUT2D eigenvalue weighted by molar-refractivity contribution is -0.393. The first-order valence-electron chi connectivity index (χ1n) is 8.10. The average molecular weight is 378 g/mol. The van der Waals surface area contributed by atoms with E-state index in [4.69, 9.17) is 0 Å². The smallest absolute Gasteiger partial charge is 0.299 e. The number of rotatable bonds is 6. The van der Waals surface area contributed by atoms with Crippen molar-refractivity contribution in [1.29, 1.82) is 0 Å². The molecule has 0 heterocycles. The molecule has 9 nitrogen and oxygen atoms in total. The average Bonchev–Trinajstić information content (AvgIpc) is 2.69. The summed E-state index contributed by atoms with van der Waals surface area (Å²) in [6.07, 6.45) is 0. The summed E-state index contributed by atoms with van der Waals surface area (Å²) >= 11 is 0. The highest BCUT2D eigenvalue weighted by atomic mass is 16.6. The normalized spacial score (nSPS) is 10.1. The minimum Gasteiger partial charge on any atom is -0.350 e. The molecular formula is C19H14N4O5. The molecule has 0 aromatic heterocycles. The van der Waals surface area contributed by atoms with Gasteiger partial charge in [0.2, 0.25) is 0 Å². The summed E-state index contributed by atoms with van der Waals surface area (Å²) in [5.41, 5.74) is 0.759. The number of nitro benzene ring substituents is 2. The van der Waals surface area contributed by atoms with Gasteiger partial charge in [-0.15, -0.1) is 0 Å². The lowest BCUT2D eigenvalue weighted by atomic mass is 10.2. The zero-order valence-electron chi connectivity index (χ0n) is 14.4. The number of nitrogens with zero attached hydrogens (tertiary/aromatic N) is 2. The van der Waals surface area contributed by atoms with Crippen LogP contribution in [0, 0.1) is 20.2 Å². The molecule has 0 aliphatic heterocycles. The Hall–Kier alpha value is -4.27. The number of benzene rings is 3. The summed E-state index contributed by atoms with van der Waals surface area (Å²) in [6.45, 7) is 0. The van der Waals surface area contributed by atoms with Crippen molar-refractivity contribution in [2.45, 2.75) is 0 Å². The van der Waals surface area contributed by atoms with E-state index < -0.39 is 15.5 Å². The molecule has 2 N–H and O–H groups in total. The van der Waals surface area contributed by atoms with Gasteiger partial charge < -0.3 is 10.6 Å². The highest BCUT2D eigenvalue weighted by Gasteiger charge is 2.19. The van der Waals surface area contributed by atoms with Crippen molar-refractivity contribution < 1.29 is 14.6 Å². The van der Waals surface area contributed by atoms with E-state index in [9.17, 15) is 25.0 Å². The van der Waals surface area contributed by atoms with Crippen LogP contribution in [0.3, 0.4) is 0 Å². The monoisotopic (exact) mass is 378 g/mol. The molecule has 140 valence electrons. The highest BCUT2D eigenvalue weighted by molar-refractivity contribution is 6.04. The van der Waals surface area contributed by atoms with E-state index in [1.54, 1.807) is 54.6 Å². The van der Waals surface area contributed by atoms with Gasteiger partial charge in [0.1, 0.15) is 5.69 Å². The van der Waals surface area contributed by atoms with E-state index in [2.05, 4.69) is 10.6 Å². The van der Waals surface area contributed by atoms with Gasteiger partial charge in [0.05, 0.1) is 15.9 Å². The van der Waals surface area contributed by atoms with Crippen LogP contribution in [0.5, 0.6) is 0 Å². The summed E-state index contributed by atoms with van der Waals surface area (Å²) in [5.74, 6) is -0.293. The summed E-state index contributed by atoms with van der Waals surface area (Å²) < 4.78 is 0. The van der Waals surface area contributed by atoms with Gasteiger partial charge in [-0.25, -0.2) is 0 Å². The number of hydrogen-bond donors (Lipinski definition) is 2. The van der Waals surface area contributed by atoms with Crippen molar-refractivity contribution in [2.24, 2.45) is 0 Å². The molecule has 3 rings (SSSR count). The van der Waals surface area contributed by atoms with Crippen LogP contribution in [-0.4, -0.2) is 15.8 Å². The van der Waals surface area contributed by atoms with E-state index in [1.165, 1.54) is 12.1 Å². The largest absolute Gasteiger partial charge is 0.350 e. The Balaban J connectivity index is 1.82. The number of anilines is 3. The molecule has 1 amide bonds. The third-order valence-electron chi connectivity index (χ3n) is 3.82. The zero-order chi connectivity index (χ0) is 20.1. The molecular weight excluding hydrogens is 364 g/mol. The first kappa shape index (κ1) is 18.5. The summed E-state index contributed by atoms with van der Waals surface area (Å²) in [7, 11) is 0. The van der Waals surface area contributed by atoms with Crippen LogP contribution in [0.25, 0.3) is 0 Å². The maximum Gasteiger partial charge on any atom is 0.299 e. The molecule has 0 radical (unpaired) electrons. The van der Waals surface area contributed by atoms with Gasteiger partial charge in [-0.2, -0.15) is 0 Å². The second-order valence-corrected chi connectivity index (χ2v) is 5.74. The topological polar surface area (TPSA) is 127 Å². The standard InChI is InChI=1S/C19H14N4O5/c24-19(13-5-2-1-3-6-13)21-15-8-4-7-14(11-15)20-17-10-9-16(22(25)26)12-18(17)23(27)28/h1-12,20H,(H,21,24). The molecule has 3 aromatic rings. The minimum atomic E-state index is -0.698. The number of amides is 1. The summed E-state index contributed by atoms with van der Waals surface area (Å²) in [4.78, 5) is 32.9. The van der Waals surface area contributed by atoms with Gasteiger partial charge >= 0.3 is 0 Å². The number of carbonyl (C=O) groups is 1. The predicted octanol–water partition coefficient (Wildman–Crippen LogP) is 4.50. The predicted molar refractivity (Wildman–Crippen MR) is 104 cm³/mol. The van der Waals surface area contributed by atoms with Gasteiger partial charge in [-0.1, -0.05) is 24.3 Å². The maximum absolute atomic E-state index is 12.2. The molecule has 0 saturated heterocycles. The van der Waals surface area contributed by atoms with Crippen LogP contribution < -0.4 is 10.6 Å². The van der Waals surface area contributed by atoms with E-state index >= 15 is 0 Å². The molecule has 0 atom stereocenters. The molecule has 0 saturated carbocycles. The van der Waals surface area contributed by atoms with Crippen LogP contribution in [0.2, 0.25) is 0 Å². The first-order chi connectivity index (χ1) is 13.4. The number of hydrogen-bond acceptors (Lipinski definition) is 6. The van der Waals surface area contributed by atoms with Crippen LogP contribution in [0.1, 0.15) is 10.4 Å². The van der Waals surface area contributed by atoms with Gasteiger partial charge in [-0.05, 0) is 36.4 Å². The Morgan fingerprint density at radius 3 is 2.18 bits per heavy atom. The Morgan fingerprint density at radius 1 is 0.786 bits per heavy atom. The molecule has 0 aliphatic rings. The Labute approximate surface area is 158 Å². The van der Waals surface area contributed by atoms with Crippen LogP contribution in [-0.2, 0) is 0 Å². The lowest BCUT2D eigenvalue weighted by Gasteiger charge is -2.10. The zero-order valence-corrected chi connectivity index (χ0v) is 14.4. The van der Waals surface area contributed by atoms with Crippen molar-refractivity contribution in [2.75, 3.05) is 10.6 Å². The first-order valence-corrected chi connectivity index (χ1v) is 8.10. The van der Waals surface area contributed by atoms with Crippen LogP contribution >= 0.6 is 0 Å². The third-order valence-corrected chi connectivity index (χ3v) is 3.82. The maximum atomic E-state index is 12.2. The van der Waals surface area contributed by atoms with E-state index in [-0.39, 0.29) is 17.3 Å². The Bertz CT molecular complexity index is 1050. The molecule has 0 aliphatic carbocycles. The van der Waals surface area contributed by atoms with Crippen molar-refractivity contribution in [1.82, 2.24) is 0 Å². The number of non-ortho nitro benzene ring substituents is 1. The van der Waals surface area contributed by atoms with Crippen LogP contribution in [0.4, 0.5) is 28.4 Å². The van der Waals surface area contributed by atoms with Crippen molar-refractivity contribution in [3.05, 3.63) is 98.6 Å². The summed E-state index contributed by atoms with van der Waals surface area (Å²) in [5, 5.41) is 27.7. The van der Waals surface area contributed by atoms with Gasteiger partial charge in [0.15, 0.2) is 0 Å². The van der Waals surface area contributed by atoms with Crippen molar-refractivity contribution in [3.63, 3.8) is 0 Å². The molecule has 0 unspecified atom stereocenters. The molecule has 0 fully saturated rings. The number of nitro groups is 2. The molecule has 28 heavy (non-hydrogen) atoms. The fourth-order valence-electron chi connectivity index (χ4n) is 2.51. The van der Waals surface area contributed by atoms with E-state index in [1.807, 2.05) is 0 Å². The van der Waals surface area contributed by atoms with E-state index in [0.29, 0.717) is 16.9 Å². The Kier molecular flexibility index (Phi) is 5.26. The molecule has 0 bridgehead atoms. The second kappa shape index (κ2) is 7.96. The van der Waals surface area contributed by atoms with Gasteiger partial charge in [0.25, 0.3) is 17.3 Å². The second-order valence-electron chi connectivity index (χ2n) is 5.74. The SMILES string of the molecule is O=C(Nc1cccc(Nc2ccc([N+](=O)[O-])cc2[N+](=O)[O-])c1)c1ccccc1. The number of nitrogens with one attached hydrogen (secondary N) is 2. The highest BCUT2D eigenvalue weighted by Crippen LogP contribution is 2.32. The van der Waals surface area contributed by atoms with Crippen LogP contribution in [0.15, 0.2) is 72.8 Å². The summed E-state index contributed by atoms with van der Waals surface area (Å²) in [6, 6.07) is 18.6. The third kappa shape index (κ3) is 4.28. The fraction of sp³-hybridized carbons (Fsp3) is 0. The van der Waals surface area contributed by atoms with Gasteiger partial charge in [-0.3, -0.25) is 25.0 Å². The number of carbonyl (C=O) groups excluding carboxylic acids is 1. The van der Waals surface area contributed by atoms with Crippen molar-refractivity contribution >= 4 is 34.3 Å².